The highest BCUT2D eigenvalue weighted by Crippen LogP contribution is 2.34. The summed E-state index contributed by atoms with van der Waals surface area (Å²) in [6.45, 7) is 0.254. The molecule has 2 aromatic rings. The quantitative estimate of drug-likeness (QED) is 0.840. The summed E-state index contributed by atoms with van der Waals surface area (Å²) in [4.78, 5) is 37.7. The summed E-state index contributed by atoms with van der Waals surface area (Å²) in [7, 11) is 0. The average molecular weight is 368 g/mol. The molecule has 0 radical (unpaired) electrons. The highest BCUT2D eigenvalue weighted by atomic mass is 19.1. The summed E-state index contributed by atoms with van der Waals surface area (Å²) in [5, 5.41) is 2.28. The van der Waals surface area contributed by atoms with E-state index in [2.05, 4.69) is 5.32 Å². The SMILES string of the molecule is O=C1CCC(N2Cc3c(OCc4ccccc4F)cccc3C2=O)C(=O)N1. The third-order valence-corrected chi connectivity index (χ3v) is 4.88. The van der Waals surface area contributed by atoms with E-state index in [1.807, 2.05) is 0 Å². The van der Waals surface area contributed by atoms with E-state index in [1.165, 1.54) is 11.0 Å². The van der Waals surface area contributed by atoms with E-state index in [1.54, 1.807) is 36.4 Å². The average Bonchev–Trinajstić information content (AvgIpc) is 2.98. The van der Waals surface area contributed by atoms with Crippen LogP contribution in [0.2, 0.25) is 0 Å². The van der Waals surface area contributed by atoms with Gasteiger partial charge in [-0.15, -0.1) is 0 Å². The third kappa shape index (κ3) is 3.16. The van der Waals surface area contributed by atoms with E-state index in [0.29, 0.717) is 28.9 Å². The minimum atomic E-state index is -0.679. The van der Waals surface area contributed by atoms with Crippen LogP contribution in [0.4, 0.5) is 4.39 Å². The first kappa shape index (κ1) is 17.2. The predicted molar refractivity (Wildman–Crippen MR) is 93.2 cm³/mol. The van der Waals surface area contributed by atoms with Crippen LogP contribution < -0.4 is 10.1 Å². The number of hydrogen-bond donors (Lipinski definition) is 1. The number of hydrogen-bond acceptors (Lipinski definition) is 4. The Morgan fingerprint density at radius 2 is 1.93 bits per heavy atom. The second kappa shape index (κ2) is 6.83. The van der Waals surface area contributed by atoms with Crippen molar-refractivity contribution in [3.8, 4) is 5.75 Å². The Hall–Kier alpha value is -3.22. The molecule has 27 heavy (non-hydrogen) atoms. The topological polar surface area (TPSA) is 75.7 Å². The van der Waals surface area contributed by atoms with Crippen molar-refractivity contribution in [3.05, 3.63) is 65.0 Å². The van der Waals surface area contributed by atoms with Crippen LogP contribution in [0, 0.1) is 5.82 Å². The number of nitrogens with one attached hydrogen (secondary N) is 1. The van der Waals surface area contributed by atoms with Gasteiger partial charge in [0.15, 0.2) is 0 Å². The number of piperidine rings is 1. The molecule has 0 aromatic heterocycles. The summed E-state index contributed by atoms with van der Waals surface area (Å²) in [6, 6.07) is 10.8. The van der Waals surface area contributed by atoms with Crippen molar-refractivity contribution in [3.63, 3.8) is 0 Å². The number of carbonyl (C=O) groups excluding carboxylic acids is 3. The Bertz CT molecular complexity index is 943. The Morgan fingerprint density at radius 3 is 2.70 bits per heavy atom. The second-order valence-electron chi connectivity index (χ2n) is 6.56. The lowest BCUT2D eigenvalue weighted by Crippen LogP contribution is -2.52. The van der Waals surface area contributed by atoms with Crippen molar-refractivity contribution in [1.82, 2.24) is 10.2 Å². The monoisotopic (exact) mass is 368 g/mol. The molecule has 2 heterocycles. The van der Waals surface area contributed by atoms with E-state index in [-0.39, 0.29) is 37.2 Å². The molecule has 0 saturated carbocycles. The van der Waals surface area contributed by atoms with Crippen LogP contribution >= 0.6 is 0 Å². The van der Waals surface area contributed by atoms with Gasteiger partial charge in [0.1, 0.15) is 24.2 Å². The number of amides is 3. The van der Waals surface area contributed by atoms with Gasteiger partial charge in [0.25, 0.3) is 5.91 Å². The molecule has 7 heteroatoms. The number of nitrogens with zero attached hydrogens (tertiary/aromatic N) is 1. The molecule has 1 fully saturated rings. The molecule has 1 N–H and O–H groups in total. The molecule has 1 unspecified atom stereocenters. The van der Waals surface area contributed by atoms with Crippen LogP contribution in [0.25, 0.3) is 0 Å². The summed E-state index contributed by atoms with van der Waals surface area (Å²) >= 11 is 0. The number of rotatable bonds is 4. The van der Waals surface area contributed by atoms with Crippen molar-refractivity contribution >= 4 is 17.7 Å². The lowest BCUT2D eigenvalue weighted by molar-refractivity contribution is -0.136. The highest BCUT2D eigenvalue weighted by Gasteiger charge is 2.40. The van der Waals surface area contributed by atoms with Crippen LogP contribution in [0.15, 0.2) is 42.5 Å². The number of carbonyl (C=O) groups is 3. The zero-order valence-corrected chi connectivity index (χ0v) is 14.4. The molecule has 4 rings (SSSR count). The molecule has 2 aliphatic heterocycles. The number of fused-ring (bicyclic) bond motifs is 1. The molecule has 6 nitrogen and oxygen atoms in total. The first-order chi connectivity index (χ1) is 13.0. The van der Waals surface area contributed by atoms with Crippen molar-refractivity contribution in [1.29, 1.82) is 0 Å². The number of ether oxygens (including phenoxy) is 1. The van der Waals surface area contributed by atoms with Gasteiger partial charge in [-0.3, -0.25) is 19.7 Å². The molecule has 1 saturated heterocycles. The van der Waals surface area contributed by atoms with Crippen molar-refractivity contribution in [2.75, 3.05) is 0 Å². The Balaban J connectivity index is 1.55. The summed E-state index contributed by atoms with van der Waals surface area (Å²) in [5.41, 5.74) is 1.55. The molecular weight excluding hydrogens is 351 g/mol. The summed E-state index contributed by atoms with van der Waals surface area (Å²) in [6.07, 6.45) is 0.503. The van der Waals surface area contributed by atoms with Crippen LogP contribution in [-0.4, -0.2) is 28.7 Å². The standard InChI is InChI=1S/C20H17FN2O4/c21-15-6-2-1-4-12(15)11-27-17-7-3-5-13-14(17)10-23(20(13)26)16-8-9-18(24)22-19(16)25/h1-7,16H,8-11H2,(H,22,24,25). The molecule has 138 valence electrons. The predicted octanol–water partition coefficient (Wildman–Crippen LogP) is 2.17. The fourth-order valence-corrected chi connectivity index (χ4v) is 3.46. The van der Waals surface area contributed by atoms with Gasteiger partial charge in [-0.25, -0.2) is 4.39 Å². The van der Waals surface area contributed by atoms with E-state index >= 15 is 0 Å². The zero-order valence-electron chi connectivity index (χ0n) is 14.4. The fraction of sp³-hybridized carbons (Fsp3) is 0.250. The maximum Gasteiger partial charge on any atom is 0.255 e. The van der Waals surface area contributed by atoms with Crippen LogP contribution in [0.5, 0.6) is 5.75 Å². The van der Waals surface area contributed by atoms with E-state index in [0.717, 1.165) is 0 Å². The maximum absolute atomic E-state index is 13.8. The smallest absolute Gasteiger partial charge is 0.255 e. The van der Waals surface area contributed by atoms with Crippen molar-refractivity contribution in [2.24, 2.45) is 0 Å². The van der Waals surface area contributed by atoms with Gasteiger partial charge in [-0.05, 0) is 24.6 Å². The number of halogens is 1. The van der Waals surface area contributed by atoms with Gasteiger partial charge in [0, 0.05) is 23.1 Å². The lowest BCUT2D eigenvalue weighted by atomic mass is 10.0. The van der Waals surface area contributed by atoms with E-state index in [4.69, 9.17) is 4.74 Å². The van der Waals surface area contributed by atoms with Crippen molar-refractivity contribution < 1.29 is 23.5 Å². The molecule has 0 aliphatic carbocycles. The summed E-state index contributed by atoms with van der Waals surface area (Å²) in [5.74, 6) is -0.920. The minimum absolute atomic E-state index is 0.0374. The van der Waals surface area contributed by atoms with E-state index < -0.39 is 11.9 Å². The van der Waals surface area contributed by atoms with Gasteiger partial charge in [-0.2, -0.15) is 0 Å². The molecule has 2 aromatic carbocycles. The maximum atomic E-state index is 13.8. The Labute approximate surface area is 154 Å². The van der Waals surface area contributed by atoms with Gasteiger partial charge in [0.05, 0.1) is 6.54 Å². The van der Waals surface area contributed by atoms with E-state index in [9.17, 15) is 18.8 Å². The Morgan fingerprint density at radius 1 is 1.11 bits per heavy atom. The van der Waals surface area contributed by atoms with Gasteiger partial charge in [-0.1, -0.05) is 24.3 Å². The number of imide groups is 1. The highest BCUT2D eigenvalue weighted by molar-refractivity contribution is 6.05. The zero-order chi connectivity index (χ0) is 19.0. The molecule has 1 atom stereocenters. The van der Waals surface area contributed by atoms with Crippen LogP contribution in [0.1, 0.15) is 34.3 Å². The second-order valence-corrected chi connectivity index (χ2v) is 6.56. The molecular formula is C20H17FN2O4. The number of benzene rings is 2. The first-order valence-electron chi connectivity index (χ1n) is 8.67. The molecule has 0 bridgehead atoms. The van der Waals surface area contributed by atoms with Crippen molar-refractivity contribution in [2.45, 2.75) is 32.0 Å². The Kier molecular flexibility index (Phi) is 4.35. The van der Waals surface area contributed by atoms with Crippen LogP contribution in [-0.2, 0) is 22.7 Å². The third-order valence-electron chi connectivity index (χ3n) is 4.88. The molecule has 3 amide bonds. The van der Waals surface area contributed by atoms with Crippen LogP contribution in [0.3, 0.4) is 0 Å². The fourth-order valence-electron chi connectivity index (χ4n) is 3.46. The molecule has 0 spiro atoms. The lowest BCUT2D eigenvalue weighted by Gasteiger charge is -2.29. The normalized spacial score (nSPS) is 19.1. The first-order valence-corrected chi connectivity index (χ1v) is 8.67. The van der Waals surface area contributed by atoms with Gasteiger partial charge >= 0.3 is 0 Å². The molecule has 2 aliphatic rings. The van der Waals surface area contributed by atoms with Gasteiger partial charge < -0.3 is 9.64 Å². The summed E-state index contributed by atoms with van der Waals surface area (Å²) < 4.78 is 19.6. The van der Waals surface area contributed by atoms with Gasteiger partial charge in [0.2, 0.25) is 11.8 Å². The minimum Gasteiger partial charge on any atom is -0.488 e. The largest absolute Gasteiger partial charge is 0.488 e.